The van der Waals surface area contributed by atoms with Crippen molar-refractivity contribution in [1.82, 2.24) is 10.9 Å². The molecular formula is C13H16N2O5. The van der Waals surface area contributed by atoms with Gasteiger partial charge in [-0.3, -0.25) is 10.2 Å². The van der Waals surface area contributed by atoms with Crippen molar-refractivity contribution >= 4 is 12.0 Å². The van der Waals surface area contributed by atoms with Crippen molar-refractivity contribution in [2.75, 3.05) is 6.61 Å². The molecular weight excluding hydrogens is 264 g/mol. The molecule has 0 saturated heterocycles. The van der Waals surface area contributed by atoms with Crippen LogP contribution in [0.5, 0.6) is 11.5 Å². The number of ether oxygens (including phenoxy) is 3. The summed E-state index contributed by atoms with van der Waals surface area (Å²) in [5.41, 5.74) is 4.36. The van der Waals surface area contributed by atoms with Gasteiger partial charge in [-0.25, -0.2) is 10.2 Å². The Kier molecular flexibility index (Phi) is 4.29. The van der Waals surface area contributed by atoms with Crippen LogP contribution in [0.1, 0.15) is 13.8 Å². The second kappa shape index (κ2) is 6.14. The van der Waals surface area contributed by atoms with E-state index in [4.69, 9.17) is 9.47 Å². The second-order valence-electron chi connectivity index (χ2n) is 4.14. The lowest BCUT2D eigenvalue weighted by molar-refractivity contribution is -0.134. The smallest absolute Gasteiger partial charge is 0.426 e. The van der Waals surface area contributed by atoms with Crippen LogP contribution in [0.4, 0.5) is 4.79 Å². The minimum Gasteiger partial charge on any atom is -0.482 e. The highest BCUT2D eigenvalue weighted by Crippen LogP contribution is 2.33. The van der Waals surface area contributed by atoms with Crippen LogP contribution >= 0.6 is 0 Å². The van der Waals surface area contributed by atoms with Gasteiger partial charge in [0.05, 0.1) is 6.61 Å². The number of amides is 2. The van der Waals surface area contributed by atoms with Gasteiger partial charge in [-0.15, -0.1) is 0 Å². The first-order valence-electron chi connectivity index (χ1n) is 6.26. The van der Waals surface area contributed by atoms with E-state index in [1.54, 1.807) is 32.0 Å². The first-order valence-corrected chi connectivity index (χ1v) is 6.26. The molecule has 1 aliphatic heterocycles. The maximum absolute atomic E-state index is 11.9. The summed E-state index contributed by atoms with van der Waals surface area (Å²) in [4.78, 5) is 23.0. The topological polar surface area (TPSA) is 85.9 Å². The summed E-state index contributed by atoms with van der Waals surface area (Å²) in [7, 11) is 0. The fourth-order valence-electron chi connectivity index (χ4n) is 1.76. The number of carbonyl (C=O) groups excluding carboxylic acids is 2. The number of fused-ring (bicyclic) bond motifs is 1. The van der Waals surface area contributed by atoms with Crippen molar-refractivity contribution in [3.63, 3.8) is 0 Å². The molecule has 7 nitrogen and oxygen atoms in total. The molecule has 0 bridgehead atoms. The molecule has 2 amide bonds. The van der Waals surface area contributed by atoms with Crippen molar-refractivity contribution in [1.29, 1.82) is 0 Å². The van der Waals surface area contributed by atoms with Crippen LogP contribution in [-0.4, -0.2) is 30.8 Å². The highest BCUT2D eigenvalue weighted by Gasteiger charge is 2.34. The molecule has 2 N–H and O–H groups in total. The zero-order chi connectivity index (χ0) is 14.5. The predicted molar refractivity (Wildman–Crippen MR) is 69.2 cm³/mol. The Bertz CT molecular complexity index is 505. The van der Waals surface area contributed by atoms with E-state index in [0.29, 0.717) is 11.5 Å². The average Bonchev–Trinajstić information content (AvgIpc) is 2.44. The van der Waals surface area contributed by atoms with Crippen LogP contribution in [0.3, 0.4) is 0 Å². The Labute approximate surface area is 116 Å². The molecule has 1 aliphatic rings. The molecule has 2 rings (SSSR count). The van der Waals surface area contributed by atoms with Crippen molar-refractivity contribution < 1.29 is 23.8 Å². The molecule has 0 aromatic heterocycles. The number of nitrogens with one attached hydrogen (secondary N) is 2. The largest absolute Gasteiger partial charge is 0.482 e. The number of benzene rings is 1. The minimum absolute atomic E-state index is 0.217. The maximum atomic E-state index is 11.9. The van der Waals surface area contributed by atoms with E-state index in [2.05, 4.69) is 15.6 Å². The molecule has 0 aliphatic carbocycles. The summed E-state index contributed by atoms with van der Waals surface area (Å²) in [6, 6.07) is 7.07. The van der Waals surface area contributed by atoms with Crippen molar-refractivity contribution in [2.45, 2.75) is 26.1 Å². The van der Waals surface area contributed by atoms with Gasteiger partial charge in [0.15, 0.2) is 11.5 Å². The van der Waals surface area contributed by atoms with E-state index in [0.717, 1.165) is 0 Å². The van der Waals surface area contributed by atoms with Crippen LogP contribution in [0, 0.1) is 0 Å². The number of rotatable bonds is 2. The van der Waals surface area contributed by atoms with E-state index in [-0.39, 0.29) is 6.61 Å². The van der Waals surface area contributed by atoms with Gasteiger partial charge in [-0.1, -0.05) is 12.1 Å². The Morgan fingerprint density at radius 2 is 1.85 bits per heavy atom. The van der Waals surface area contributed by atoms with E-state index in [1.807, 2.05) is 6.07 Å². The zero-order valence-electron chi connectivity index (χ0n) is 11.2. The van der Waals surface area contributed by atoms with Gasteiger partial charge in [0.25, 0.3) is 5.91 Å². The first-order chi connectivity index (χ1) is 9.61. The lowest BCUT2D eigenvalue weighted by Gasteiger charge is -2.30. The van der Waals surface area contributed by atoms with Gasteiger partial charge in [-0.05, 0) is 26.0 Å². The van der Waals surface area contributed by atoms with E-state index < -0.39 is 24.2 Å². The van der Waals surface area contributed by atoms with Crippen molar-refractivity contribution in [2.24, 2.45) is 0 Å². The summed E-state index contributed by atoms with van der Waals surface area (Å²) < 4.78 is 15.8. The summed E-state index contributed by atoms with van der Waals surface area (Å²) >= 11 is 0. The summed E-state index contributed by atoms with van der Waals surface area (Å²) in [6.45, 7) is 3.59. The number of hydrogen-bond acceptors (Lipinski definition) is 5. The fourth-order valence-corrected chi connectivity index (χ4v) is 1.76. The second-order valence-corrected chi connectivity index (χ2v) is 4.14. The van der Waals surface area contributed by atoms with E-state index in [9.17, 15) is 9.59 Å². The third-order valence-electron chi connectivity index (χ3n) is 2.66. The van der Waals surface area contributed by atoms with Crippen LogP contribution in [0.15, 0.2) is 24.3 Å². The molecule has 1 aromatic rings. The lowest BCUT2D eigenvalue weighted by atomic mass is 10.1. The minimum atomic E-state index is -0.855. The Morgan fingerprint density at radius 1 is 1.20 bits per heavy atom. The zero-order valence-corrected chi connectivity index (χ0v) is 11.2. The summed E-state index contributed by atoms with van der Waals surface area (Å²) in [5.74, 6) is 0.560. The number of para-hydroxylation sites is 2. The summed E-state index contributed by atoms with van der Waals surface area (Å²) in [6.07, 6.45) is -2.06. The number of carbonyl (C=O) groups is 2. The maximum Gasteiger partial charge on any atom is 0.426 e. The van der Waals surface area contributed by atoms with Gasteiger partial charge >= 0.3 is 6.09 Å². The highest BCUT2D eigenvalue weighted by atomic mass is 16.6. The van der Waals surface area contributed by atoms with Gasteiger partial charge in [0.1, 0.15) is 6.10 Å². The van der Waals surface area contributed by atoms with Crippen LogP contribution in [0.2, 0.25) is 0 Å². The highest BCUT2D eigenvalue weighted by molar-refractivity contribution is 5.84. The number of hydrazine groups is 1. The molecule has 0 fully saturated rings. The fraction of sp³-hybridized carbons (Fsp3) is 0.385. The SMILES string of the molecule is CCOC(=O)NNC(=O)[C@H]1Oc2ccccc2O[C@H]1C. The quantitative estimate of drug-likeness (QED) is 0.789. The van der Waals surface area contributed by atoms with Gasteiger partial charge < -0.3 is 14.2 Å². The molecule has 7 heteroatoms. The molecule has 20 heavy (non-hydrogen) atoms. The molecule has 108 valence electrons. The third kappa shape index (κ3) is 3.11. The van der Waals surface area contributed by atoms with Crippen molar-refractivity contribution in [3.8, 4) is 11.5 Å². The Balaban J connectivity index is 1.96. The molecule has 2 atom stereocenters. The molecule has 1 aromatic carbocycles. The molecule has 0 unspecified atom stereocenters. The predicted octanol–water partition coefficient (Wildman–Crippen LogP) is 0.992. The molecule has 1 heterocycles. The normalized spacial score (nSPS) is 19.9. The van der Waals surface area contributed by atoms with Crippen molar-refractivity contribution in [3.05, 3.63) is 24.3 Å². The molecule has 0 saturated carbocycles. The monoisotopic (exact) mass is 280 g/mol. The summed E-state index contributed by atoms with van der Waals surface area (Å²) in [5, 5.41) is 0. The van der Waals surface area contributed by atoms with Crippen LogP contribution < -0.4 is 20.3 Å². The van der Waals surface area contributed by atoms with Crippen LogP contribution in [0.25, 0.3) is 0 Å². The Hall–Kier alpha value is -2.44. The average molecular weight is 280 g/mol. The van der Waals surface area contributed by atoms with Gasteiger partial charge in [0, 0.05) is 0 Å². The lowest BCUT2D eigenvalue weighted by Crippen LogP contribution is -2.53. The van der Waals surface area contributed by atoms with E-state index >= 15 is 0 Å². The molecule has 0 radical (unpaired) electrons. The Morgan fingerprint density at radius 3 is 2.50 bits per heavy atom. The van der Waals surface area contributed by atoms with Crippen LogP contribution in [-0.2, 0) is 9.53 Å². The van der Waals surface area contributed by atoms with Gasteiger partial charge in [-0.2, -0.15) is 0 Å². The standard InChI is InChI=1S/C13H16N2O5/c1-3-18-13(17)15-14-12(16)11-8(2)19-9-6-4-5-7-10(9)20-11/h4-8,11H,3H2,1-2H3,(H,14,16)(H,15,17)/t8-,11-/m0/s1. The third-order valence-corrected chi connectivity index (χ3v) is 2.66. The van der Waals surface area contributed by atoms with E-state index in [1.165, 1.54) is 0 Å². The molecule has 0 spiro atoms. The number of hydrogen-bond donors (Lipinski definition) is 2. The first kappa shape index (κ1) is 14.0. The van der Waals surface area contributed by atoms with Gasteiger partial charge in [0.2, 0.25) is 6.10 Å².